The maximum Gasteiger partial charge on any atom is 0.329 e. The van der Waals surface area contributed by atoms with E-state index in [0.717, 1.165) is 80.1 Å². The lowest BCUT2D eigenvalue weighted by atomic mass is 9.78. The van der Waals surface area contributed by atoms with Crippen molar-refractivity contribution in [2.24, 2.45) is 35.5 Å². The van der Waals surface area contributed by atoms with Gasteiger partial charge in [0.25, 0.3) is 5.91 Å². The summed E-state index contributed by atoms with van der Waals surface area (Å²) in [4.78, 5) is 45.4. The maximum absolute atomic E-state index is 14.8. The molecular formula is C56H87NO10. The molecule has 11 nitrogen and oxygen atoms in total. The average molecular weight is 934 g/mol. The summed E-state index contributed by atoms with van der Waals surface area (Å²) >= 11 is 0. The van der Waals surface area contributed by atoms with Crippen molar-refractivity contribution >= 4 is 17.7 Å². The number of carbonyl (C=O) groups is 3. The molecule has 2 saturated heterocycles. The minimum absolute atomic E-state index is 0.0186. The van der Waals surface area contributed by atoms with Crippen molar-refractivity contribution in [3.05, 3.63) is 84.1 Å². The normalized spacial score (nSPS) is 38.5. The second-order valence-corrected chi connectivity index (χ2v) is 20.3. The third-order valence-corrected chi connectivity index (χ3v) is 15.4. The van der Waals surface area contributed by atoms with Crippen LogP contribution in [0.5, 0.6) is 0 Å². The topological polar surface area (TPSA) is 119 Å². The summed E-state index contributed by atoms with van der Waals surface area (Å²) < 4.78 is 43.5. The number of carbonyl (C=O) groups excluding carboxylic acids is 3. The van der Waals surface area contributed by atoms with E-state index in [0.29, 0.717) is 25.3 Å². The van der Waals surface area contributed by atoms with Crippen LogP contribution in [-0.4, -0.2) is 113 Å². The molecule has 4 aliphatic rings. The Morgan fingerprint density at radius 3 is 2.16 bits per heavy atom. The van der Waals surface area contributed by atoms with E-state index in [1.165, 1.54) is 0 Å². The molecule has 0 N–H and O–H groups in total. The minimum Gasteiger partial charge on any atom is -0.460 e. The van der Waals surface area contributed by atoms with Gasteiger partial charge in [0.15, 0.2) is 0 Å². The molecule has 0 aromatic rings. The Balaban J connectivity index is 1.74. The van der Waals surface area contributed by atoms with Crippen LogP contribution in [0.4, 0.5) is 0 Å². The van der Waals surface area contributed by atoms with Crippen LogP contribution in [0.3, 0.4) is 0 Å². The van der Waals surface area contributed by atoms with Crippen LogP contribution in [0.25, 0.3) is 0 Å². The molecule has 1 aliphatic carbocycles. The molecule has 1 amide bonds. The van der Waals surface area contributed by atoms with Gasteiger partial charge in [-0.2, -0.15) is 0 Å². The highest BCUT2D eigenvalue weighted by Crippen LogP contribution is 2.43. The molecule has 4 rings (SSSR count). The number of fused-ring (bicyclic) bond motifs is 3. The van der Waals surface area contributed by atoms with E-state index in [-0.39, 0.29) is 59.8 Å². The first-order chi connectivity index (χ1) is 31.8. The molecule has 11 unspecified atom stereocenters. The van der Waals surface area contributed by atoms with Gasteiger partial charge >= 0.3 is 5.97 Å². The minimum atomic E-state index is -1.41. The van der Waals surface area contributed by atoms with Gasteiger partial charge < -0.3 is 38.1 Å². The third kappa shape index (κ3) is 14.5. The highest BCUT2D eigenvalue weighted by molar-refractivity contribution is 5.97. The molecule has 11 heteroatoms. The molecule has 0 aromatic heterocycles. The first-order valence-corrected chi connectivity index (χ1v) is 25.0. The van der Waals surface area contributed by atoms with Crippen molar-refractivity contribution in [2.75, 3.05) is 42.1 Å². The lowest BCUT2D eigenvalue weighted by Gasteiger charge is -2.47. The zero-order valence-electron chi connectivity index (χ0n) is 43.3. The summed E-state index contributed by atoms with van der Waals surface area (Å²) in [7, 11) is 8.30. The summed E-state index contributed by atoms with van der Waals surface area (Å²) in [5, 5.41) is 0. The van der Waals surface area contributed by atoms with Crippen LogP contribution in [0.15, 0.2) is 84.1 Å². The lowest BCUT2D eigenvalue weighted by molar-refractivity contribution is -0.273. The van der Waals surface area contributed by atoms with Crippen molar-refractivity contribution in [2.45, 2.75) is 174 Å². The molecule has 0 aromatic carbocycles. The number of piperidine rings is 1. The van der Waals surface area contributed by atoms with Gasteiger partial charge in [-0.05, 0) is 124 Å². The summed E-state index contributed by atoms with van der Waals surface area (Å²) in [6.45, 7) is 27.8. The Kier molecular flexibility index (Phi) is 22.2. The number of esters is 1. The Morgan fingerprint density at radius 2 is 1.51 bits per heavy atom. The molecule has 14 atom stereocenters. The predicted octanol–water partition coefficient (Wildman–Crippen LogP) is 10.7. The van der Waals surface area contributed by atoms with Crippen LogP contribution < -0.4 is 0 Å². The zero-order chi connectivity index (χ0) is 49.6. The number of Topliss-reactive ketones (excluding diaryl/α,β-unsaturated/α-hetero) is 1. The van der Waals surface area contributed by atoms with E-state index in [4.69, 9.17) is 33.2 Å². The number of cyclic esters (lactones) is 1. The molecule has 0 radical (unpaired) electrons. The Hall–Kier alpha value is -3.45. The molecule has 0 spiro atoms. The predicted molar refractivity (Wildman–Crippen MR) is 266 cm³/mol. The number of rotatable bonds is 8. The van der Waals surface area contributed by atoms with E-state index in [1.807, 2.05) is 39.0 Å². The number of ketones is 1. The van der Waals surface area contributed by atoms with Crippen molar-refractivity contribution in [3.63, 3.8) is 0 Å². The number of allylic oxidation sites excluding steroid dienone is 6. The van der Waals surface area contributed by atoms with Gasteiger partial charge in [-0.1, -0.05) is 90.8 Å². The largest absolute Gasteiger partial charge is 0.460 e. The smallest absolute Gasteiger partial charge is 0.329 e. The van der Waals surface area contributed by atoms with Crippen molar-refractivity contribution in [3.8, 4) is 0 Å². The zero-order valence-corrected chi connectivity index (χ0v) is 43.3. The molecule has 3 heterocycles. The van der Waals surface area contributed by atoms with Gasteiger partial charge in [-0.15, -0.1) is 0 Å². The van der Waals surface area contributed by atoms with Crippen LogP contribution in [-0.2, 0) is 47.5 Å². The van der Waals surface area contributed by atoms with Crippen molar-refractivity contribution in [1.82, 2.24) is 4.90 Å². The third-order valence-electron chi connectivity index (χ3n) is 15.4. The highest BCUT2D eigenvalue weighted by atomic mass is 16.7. The number of amides is 1. The quantitative estimate of drug-likeness (QED) is 0.132. The molecule has 3 fully saturated rings. The summed E-state index contributed by atoms with van der Waals surface area (Å²) in [5.74, 6) is -2.56. The highest BCUT2D eigenvalue weighted by Gasteiger charge is 2.51. The van der Waals surface area contributed by atoms with E-state index < -0.39 is 47.9 Å². The van der Waals surface area contributed by atoms with Crippen LogP contribution >= 0.6 is 0 Å². The van der Waals surface area contributed by atoms with Crippen molar-refractivity contribution in [1.29, 1.82) is 0 Å². The van der Waals surface area contributed by atoms with Gasteiger partial charge in [0, 0.05) is 66.8 Å². The fourth-order valence-corrected chi connectivity index (χ4v) is 11.0. The summed E-state index contributed by atoms with van der Waals surface area (Å²) in [6, 6.07) is -0.863. The number of hydrogen-bond acceptors (Lipinski definition) is 10. The maximum atomic E-state index is 14.8. The number of ether oxygens (including phenoxy) is 7. The van der Waals surface area contributed by atoms with Gasteiger partial charge in [0.1, 0.15) is 30.1 Å². The van der Waals surface area contributed by atoms with Gasteiger partial charge in [-0.25, -0.2) is 4.79 Å². The Bertz CT molecular complexity index is 1830. The van der Waals surface area contributed by atoms with Crippen molar-refractivity contribution < 1.29 is 47.5 Å². The van der Waals surface area contributed by atoms with E-state index in [9.17, 15) is 14.4 Å². The summed E-state index contributed by atoms with van der Waals surface area (Å²) in [5.41, 5.74) is 4.07. The first kappa shape index (κ1) is 56.1. The Labute approximate surface area is 404 Å². The average Bonchev–Trinajstić information content (AvgIpc) is 3.31. The molecular weight excluding hydrogens is 847 g/mol. The lowest BCUT2D eigenvalue weighted by Crippen LogP contribution is -2.57. The van der Waals surface area contributed by atoms with Gasteiger partial charge in [-0.3, -0.25) is 9.59 Å². The van der Waals surface area contributed by atoms with Crippen LogP contribution in [0.1, 0.15) is 126 Å². The van der Waals surface area contributed by atoms with Gasteiger partial charge in [0.2, 0.25) is 5.79 Å². The van der Waals surface area contributed by atoms with E-state index in [1.54, 1.807) is 40.4 Å². The fourth-order valence-electron chi connectivity index (χ4n) is 11.0. The fraction of sp³-hybridized carbons (Fsp3) is 0.696. The molecule has 2 bridgehead atoms. The van der Waals surface area contributed by atoms with E-state index >= 15 is 0 Å². The molecule has 3 aliphatic heterocycles. The first-order valence-electron chi connectivity index (χ1n) is 25.0. The summed E-state index contributed by atoms with van der Waals surface area (Å²) in [6.07, 6.45) is 18.3. The monoisotopic (exact) mass is 934 g/mol. The number of hydrogen-bond donors (Lipinski definition) is 0. The van der Waals surface area contributed by atoms with Crippen LogP contribution in [0.2, 0.25) is 0 Å². The molecule has 67 heavy (non-hydrogen) atoms. The standard InChI is InChI=1S/C56H87NO10/c1-35-21-17-16-18-22-36(2)50(62-12)33-46-27-25-42(8)56(65-15,67-46)44(10)54(59)57-28-20-19-23-47(57)55(60)66-51(40(6)31-45-26-24-37(3)49(32-45)61-11)34-48(58)39(5)30-41(7)52(63-13)53(64-14)43(9)38(4)29-35/h16-18,21-22,30,35,38-40,42,45-47,49-53H,3,9-10,19-20,23-29,31-34H2,1-2,4-8,11-15H3/b18-16+,21-17+,36-22+,41-30+/t35?,38-,39?,40?,42-,45?,46?,47+,49?,50?,51?,52?,53?,56?/m1/s1. The Morgan fingerprint density at radius 1 is 0.806 bits per heavy atom. The second kappa shape index (κ2) is 26.5. The van der Waals surface area contributed by atoms with Gasteiger partial charge in [0.05, 0.1) is 23.9 Å². The SMILES string of the molecule is C=C1CCC(CC(C)C2CC(=O)C(C)/C=C(\C)C(OC)C(OC)C(=C)[C@H](C)CC(C)/C=C/C=C/C=C(\C)C(OC)CC3CC[C@@H](C)C(OC)(O3)C(=C)C(=O)N3CCCC[C@H]3C(=O)O2)CC1OC. The number of methoxy groups -OCH3 is 5. The number of nitrogens with zero attached hydrogens (tertiary/aromatic N) is 1. The van der Waals surface area contributed by atoms with E-state index in [2.05, 4.69) is 65.7 Å². The second-order valence-electron chi connectivity index (χ2n) is 20.3. The van der Waals surface area contributed by atoms with Crippen LogP contribution in [0, 0.1) is 35.5 Å². The molecule has 376 valence electrons. The molecule has 1 saturated carbocycles.